The van der Waals surface area contributed by atoms with Crippen molar-refractivity contribution in [1.82, 2.24) is 5.32 Å². The molecule has 2 atom stereocenters. The summed E-state index contributed by atoms with van der Waals surface area (Å²) in [6.45, 7) is 1.83. The molecule has 0 aromatic heterocycles. The van der Waals surface area contributed by atoms with Gasteiger partial charge in [-0.15, -0.1) is 0 Å². The molecule has 0 fully saturated rings. The van der Waals surface area contributed by atoms with Gasteiger partial charge in [0.15, 0.2) is 6.04 Å². The first kappa shape index (κ1) is 8.00. The number of nitrogens with zero attached hydrogens (tertiary/aromatic N) is 1. The van der Waals surface area contributed by atoms with Gasteiger partial charge in [-0.2, -0.15) is 0 Å². The molecule has 1 rings (SSSR count). The number of carboxylic acids is 1. The highest BCUT2D eigenvalue weighted by atomic mass is 16.4. The summed E-state index contributed by atoms with van der Waals surface area (Å²) in [6.07, 6.45) is -0.920. The molecular formula is C6H10N2O3. The Morgan fingerprint density at radius 2 is 2.45 bits per heavy atom. The first-order chi connectivity index (χ1) is 5.11. The van der Waals surface area contributed by atoms with Crippen LogP contribution in [0.15, 0.2) is 4.99 Å². The summed E-state index contributed by atoms with van der Waals surface area (Å²) in [4.78, 5) is 14.3. The van der Waals surface area contributed by atoms with Crippen LogP contribution >= 0.6 is 0 Å². The van der Waals surface area contributed by atoms with Crippen LogP contribution in [0.4, 0.5) is 0 Å². The van der Waals surface area contributed by atoms with Crippen LogP contribution in [0.3, 0.4) is 0 Å². The fraction of sp³-hybridized carbons (Fsp3) is 0.667. The lowest BCUT2D eigenvalue weighted by atomic mass is 10.1. The summed E-state index contributed by atoms with van der Waals surface area (Å²) in [5, 5.41) is 20.2. The molecule has 0 radical (unpaired) electrons. The van der Waals surface area contributed by atoms with Crippen LogP contribution in [0.2, 0.25) is 0 Å². The SMILES string of the molecule is CC1=NC[C@H](O)[C@H](C(=O)O)N1. The van der Waals surface area contributed by atoms with Crippen molar-refractivity contribution in [2.75, 3.05) is 6.54 Å². The van der Waals surface area contributed by atoms with Gasteiger partial charge in [0.25, 0.3) is 0 Å². The van der Waals surface area contributed by atoms with E-state index in [4.69, 9.17) is 10.2 Å². The van der Waals surface area contributed by atoms with E-state index in [1.807, 2.05) is 0 Å². The number of hydrogen-bond acceptors (Lipinski definition) is 4. The van der Waals surface area contributed by atoms with Crippen LogP contribution < -0.4 is 5.32 Å². The van der Waals surface area contributed by atoms with Gasteiger partial charge < -0.3 is 15.5 Å². The second-order valence-electron chi connectivity index (χ2n) is 2.45. The number of nitrogens with one attached hydrogen (secondary N) is 1. The average molecular weight is 158 g/mol. The Kier molecular flexibility index (Phi) is 2.09. The number of amidine groups is 1. The number of aliphatic carboxylic acids is 1. The van der Waals surface area contributed by atoms with Crippen molar-refractivity contribution in [3.05, 3.63) is 0 Å². The van der Waals surface area contributed by atoms with Crippen molar-refractivity contribution in [3.8, 4) is 0 Å². The van der Waals surface area contributed by atoms with Gasteiger partial charge in [-0.1, -0.05) is 0 Å². The van der Waals surface area contributed by atoms with Crippen LogP contribution in [0, 0.1) is 0 Å². The second-order valence-corrected chi connectivity index (χ2v) is 2.45. The Morgan fingerprint density at radius 1 is 1.82 bits per heavy atom. The van der Waals surface area contributed by atoms with E-state index in [0.29, 0.717) is 5.84 Å². The standard InChI is InChI=1S/C6H10N2O3/c1-3-7-2-4(9)5(8-3)6(10)11/h4-5,9H,2H2,1H3,(H,7,8)(H,10,11)/t4-,5+/m0/s1. The fourth-order valence-electron chi connectivity index (χ4n) is 0.929. The quantitative estimate of drug-likeness (QED) is 0.448. The molecule has 3 N–H and O–H groups in total. The van der Waals surface area contributed by atoms with Gasteiger partial charge in [-0.3, -0.25) is 4.99 Å². The third-order valence-corrected chi connectivity index (χ3v) is 1.53. The normalized spacial score (nSPS) is 30.5. The number of aliphatic hydroxyl groups is 1. The van der Waals surface area contributed by atoms with Crippen molar-refractivity contribution in [3.63, 3.8) is 0 Å². The van der Waals surface area contributed by atoms with Crippen molar-refractivity contribution in [1.29, 1.82) is 0 Å². The van der Waals surface area contributed by atoms with Crippen LogP contribution in [-0.2, 0) is 4.79 Å². The Morgan fingerprint density at radius 3 is 2.91 bits per heavy atom. The predicted molar refractivity (Wildman–Crippen MR) is 38.5 cm³/mol. The lowest BCUT2D eigenvalue weighted by molar-refractivity contribution is -0.141. The Hall–Kier alpha value is -1.10. The molecule has 1 heterocycles. The summed E-state index contributed by atoms with van der Waals surface area (Å²) in [5.74, 6) is -0.491. The van der Waals surface area contributed by atoms with Gasteiger partial charge in [0.2, 0.25) is 0 Å². The Bertz CT molecular complexity index is 202. The van der Waals surface area contributed by atoms with E-state index in [0.717, 1.165) is 0 Å². The largest absolute Gasteiger partial charge is 0.480 e. The Labute approximate surface area is 63.8 Å². The number of aliphatic hydroxyl groups excluding tert-OH is 1. The van der Waals surface area contributed by atoms with E-state index in [1.165, 1.54) is 0 Å². The topological polar surface area (TPSA) is 81.9 Å². The minimum Gasteiger partial charge on any atom is -0.480 e. The Balaban J connectivity index is 2.67. The fourth-order valence-corrected chi connectivity index (χ4v) is 0.929. The van der Waals surface area contributed by atoms with E-state index in [2.05, 4.69) is 10.3 Å². The van der Waals surface area contributed by atoms with Crippen LogP contribution in [-0.4, -0.2) is 40.7 Å². The number of hydrogen-bond donors (Lipinski definition) is 3. The second kappa shape index (κ2) is 2.87. The smallest absolute Gasteiger partial charge is 0.328 e. The van der Waals surface area contributed by atoms with Gasteiger partial charge in [-0.25, -0.2) is 4.79 Å². The summed E-state index contributed by atoms with van der Waals surface area (Å²) in [5.41, 5.74) is 0. The first-order valence-corrected chi connectivity index (χ1v) is 3.29. The summed E-state index contributed by atoms with van der Waals surface area (Å²) in [7, 11) is 0. The molecule has 5 nitrogen and oxygen atoms in total. The molecule has 0 aliphatic carbocycles. The first-order valence-electron chi connectivity index (χ1n) is 3.29. The number of aliphatic imine (C=N–C) groups is 1. The van der Waals surface area contributed by atoms with E-state index in [-0.39, 0.29) is 6.54 Å². The van der Waals surface area contributed by atoms with Crippen molar-refractivity contribution < 1.29 is 15.0 Å². The van der Waals surface area contributed by atoms with Gasteiger partial charge in [0.05, 0.1) is 12.4 Å². The lowest BCUT2D eigenvalue weighted by Gasteiger charge is -2.24. The van der Waals surface area contributed by atoms with Crippen molar-refractivity contribution in [2.45, 2.75) is 19.1 Å². The van der Waals surface area contributed by atoms with Crippen molar-refractivity contribution >= 4 is 11.8 Å². The summed E-state index contributed by atoms with van der Waals surface area (Å²) in [6, 6.07) is -0.910. The highest BCUT2D eigenvalue weighted by Gasteiger charge is 2.28. The molecular weight excluding hydrogens is 148 g/mol. The van der Waals surface area contributed by atoms with Gasteiger partial charge in [0, 0.05) is 0 Å². The third kappa shape index (κ3) is 1.68. The molecule has 0 aromatic rings. The van der Waals surface area contributed by atoms with Crippen molar-refractivity contribution in [2.24, 2.45) is 4.99 Å². The molecule has 1 aliphatic rings. The maximum atomic E-state index is 10.4. The molecule has 0 amide bonds. The molecule has 62 valence electrons. The van der Waals surface area contributed by atoms with E-state index >= 15 is 0 Å². The summed E-state index contributed by atoms with van der Waals surface area (Å²) >= 11 is 0. The number of carbonyl (C=O) groups is 1. The molecule has 0 spiro atoms. The third-order valence-electron chi connectivity index (χ3n) is 1.53. The highest BCUT2D eigenvalue weighted by Crippen LogP contribution is 2.00. The van der Waals surface area contributed by atoms with Crippen LogP contribution in [0.25, 0.3) is 0 Å². The zero-order chi connectivity index (χ0) is 8.43. The zero-order valence-corrected chi connectivity index (χ0v) is 6.11. The minimum atomic E-state index is -1.05. The molecule has 0 saturated heterocycles. The maximum Gasteiger partial charge on any atom is 0.328 e. The predicted octanol–water partition coefficient (Wildman–Crippen LogP) is -1.18. The maximum absolute atomic E-state index is 10.4. The average Bonchev–Trinajstić information content (AvgIpc) is 1.94. The van der Waals surface area contributed by atoms with Gasteiger partial charge in [-0.05, 0) is 6.92 Å². The van der Waals surface area contributed by atoms with Crippen LogP contribution in [0.1, 0.15) is 6.92 Å². The minimum absolute atomic E-state index is 0.163. The summed E-state index contributed by atoms with van der Waals surface area (Å²) < 4.78 is 0. The molecule has 0 saturated carbocycles. The van der Waals surface area contributed by atoms with Crippen LogP contribution in [0.5, 0.6) is 0 Å². The highest BCUT2D eigenvalue weighted by molar-refractivity contribution is 5.87. The zero-order valence-electron chi connectivity index (χ0n) is 6.11. The van der Waals surface area contributed by atoms with Gasteiger partial charge in [0.1, 0.15) is 6.10 Å². The molecule has 5 heteroatoms. The van der Waals surface area contributed by atoms with Gasteiger partial charge >= 0.3 is 5.97 Å². The molecule has 11 heavy (non-hydrogen) atoms. The molecule has 1 aliphatic heterocycles. The van der Waals surface area contributed by atoms with E-state index in [1.54, 1.807) is 6.92 Å². The number of rotatable bonds is 1. The van der Waals surface area contributed by atoms with E-state index < -0.39 is 18.1 Å². The lowest BCUT2D eigenvalue weighted by Crippen LogP contribution is -2.52. The number of carboxylic acid groups (broad SMARTS) is 1. The molecule has 0 unspecified atom stereocenters. The molecule has 0 bridgehead atoms. The molecule has 0 aromatic carbocycles. The van der Waals surface area contributed by atoms with E-state index in [9.17, 15) is 4.79 Å². The monoisotopic (exact) mass is 158 g/mol.